The first-order valence-electron chi connectivity index (χ1n) is 42.1. The fourth-order valence-corrected chi connectivity index (χ4v) is 13.3. The average molecular weight is 1770 g/mol. The number of benzene rings is 5. The first kappa shape index (κ1) is 104. The van der Waals surface area contributed by atoms with Crippen LogP contribution in [0, 0.1) is 5.92 Å². The molecule has 26 N–H and O–H groups in total. The maximum Gasteiger partial charge on any atom is 0.326 e. The molecule has 0 aromatic heterocycles. The second-order valence-corrected chi connectivity index (χ2v) is 31.2. The van der Waals surface area contributed by atoms with Gasteiger partial charge in [0.2, 0.25) is 76.8 Å². The van der Waals surface area contributed by atoms with Gasteiger partial charge in [-0.2, -0.15) is 0 Å². The SMILES string of the molecule is CC(C)[C@H](NC(=O)[C@H](CCCCN)NC(=O)[C@H](CC(=O)O)NC(=O)[C@H](Cc1ccc(O)cc1)NC(=O)[C@H](Cc1ccccc1)NC(=O)[C@H](C)N)C(=O)N[C@@H](C)C(=O)N[C@@H](CCC(=O)O)C(=O)N[C@@H](CCCCN)C(=O)N[C@@H](Cc1ccccc1)C(=O)N[C@@H](CCCCN)C(=O)N[C@@H](CCC(=O)O)C(=O)N[C@@H](Cc1ccccc1)C(=O)N[C@@H](Cc1ccccc1)C(=O)O. The van der Waals surface area contributed by atoms with Crippen molar-refractivity contribution in [2.24, 2.45) is 28.9 Å². The molecular formula is C88H121N17O22. The fourth-order valence-electron chi connectivity index (χ4n) is 13.3. The number of carbonyl (C=O) groups is 17. The minimum atomic E-state index is -1.95. The molecule has 39 nitrogen and oxygen atoms in total. The van der Waals surface area contributed by atoms with Gasteiger partial charge in [0.25, 0.3) is 0 Å². The minimum absolute atomic E-state index is 0.0747. The van der Waals surface area contributed by atoms with E-state index in [2.05, 4.69) is 69.1 Å². The quantitative estimate of drug-likeness (QED) is 0.0206. The highest BCUT2D eigenvalue weighted by molar-refractivity contribution is 6.01. The van der Waals surface area contributed by atoms with Crippen LogP contribution in [0.15, 0.2) is 146 Å². The third-order valence-corrected chi connectivity index (χ3v) is 20.4. The van der Waals surface area contributed by atoms with Crippen molar-refractivity contribution in [1.29, 1.82) is 0 Å². The molecule has 5 aromatic rings. The third kappa shape index (κ3) is 38.4. The summed E-state index contributed by atoms with van der Waals surface area (Å²) in [4.78, 5) is 236. The predicted molar refractivity (Wildman–Crippen MR) is 464 cm³/mol. The topological polar surface area (TPSA) is 652 Å². The number of phenols is 1. The van der Waals surface area contributed by atoms with Crippen LogP contribution in [0.3, 0.4) is 0 Å². The summed E-state index contributed by atoms with van der Waals surface area (Å²) in [7, 11) is 0. The molecule has 0 radical (unpaired) electrons. The van der Waals surface area contributed by atoms with Crippen LogP contribution in [0.4, 0.5) is 0 Å². The van der Waals surface area contributed by atoms with Crippen molar-refractivity contribution < 1.29 is 107 Å². The number of carbonyl (C=O) groups excluding carboxylic acids is 13. The number of hydrogen-bond donors (Lipinski definition) is 22. The molecule has 0 aliphatic heterocycles. The zero-order valence-corrected chi connectivity index (χ0v) is 71.6. The summed E-state index contributed by atoms with van der Waals surface area (Å²) in [6, 6.07) is 17.2. The maximum atomic E-state index is 14.9. The number of nitrogens with one attached hydrogen (secondary N) is 13. The van der Waals surface area contributed by atoms with Crippen molar-refractivity contribution in [2.45, 2.75) is 234 Å². The van der Waals surface area contributed by atoms with Gasteiger partial charge in [0.05, 0.1) is 12.5 Å². The van der Waals surface area contributed by atoms with E-state index < -0.39 is 223 Å². The third-order valence-electron chi connectivity index (χ3n) is 20.4. The molecule has 0 aliphatic rings. The molecule has 14 atom stereocenters. The largest absolute Gasteiger partial charge is 0.508 e. The smallest absolute Gasteiger partial charge is 0.326 e. The van der Waals surface area contributed by atoms with E-state index in [4.69, 9.17) is 22.9 Å². The number of carboxylic acids is 4. The lowest BCUT2D eigenvalue weighted by Crippen LogP contribution is -2.61. The van der Waals surface area contributed by atoms with E-state index in [0.717, 1.165) is 0 Å². The van der Waals surface area contributed by atoms with E-state index >= 15 is 0 Å². The molecule has 127 heavy (non-hydrogen) atoms. The molecule has 5 aromatic carbocycles. The Labute approximate surface area is 735 Å². The number of nitrogens with two attached hydrogens (primary N) is 4. The molecule has 39 heteroatoms. The van der Waals surface area contributed by atoms with E-state index in [1.165, 1.54) is 52.0 Å². The Bertz CT molecular complexity index is 4460. The molecule has 0 bridgehead atoms. The van der Waals surface area contributed by atoms with E-state index in [0.29, 0.717) is 40.7 Å². The van der Waals surface area contributed by atoms with Crippen molar-refractivity contribution >= 4 is 101 Å². The second-order valence-electron chi connectivity index (χ2n) is 31.2. The van der Waals surface area contributed by atoms with Gasteiger partial charge in [0.1, 0.15) is 84.3 Å². The van der Waals surface area contributed by atoms with Crippen LogP contribution in [0.2, 0.25) is 0 Å². The van der Waals surface area contributed by atoms with Crippen LogP contribution < -0.4 is 92.1 Å². The molecule has 0 spiro atoms. The van der Waals surface area contributed by atoms with Gasteiger partial charge in [0.15, 0.2) is 0 Å². The lowest BCUT2D eigenvalue weighted by molar-refractivity contribution is -0.142. The number of unbranched alkanes of at least 4 members (excludes halogenated alkanes) is 3. The highest BCUT2D eigenvalue weighted by atomic mass is 16.4. The van der Waals surface area contributed by atoms with Gasteiger partial charge in [-0.1, -0.05) is 147 Å². The van der Waals surface area contributed by atoms with Crippen molar-refractivity contribution in [3.8, 4) is 5.75 Å². The van der Waals surface area contributed by atoms with Gasteiger partial charge < -0.3 is 118 Å². The number of carboxylic acid groups (broad SMARTS) is 4. The van der Waals surface area contributed by atoms with Gasteiger partial charge in [-0.05, 0) is 150 Å². The molecule has 0 aliphatic carbocycles. The van der Waals surface area contributed by atoms with Gasteiger partial charge >= 0.3 is 23.9 Å². The molecule has 0 fully saturated rings. The van der Waals surface area contributed by atoms with E-state index in [9.17, 15) is 107 Å². The van der Waals surface area contributed by atoms with E-state index in [-0.39, 0.29) is 102 Å². The first-order valence-corrected chi connectivity index (χ1v) is 42.1. The van der Waals surface area contributed by atoms with Crippen molar-refractivity contribution in [2.75, 3.05) is 19.6 Å². The lowest BCUT2D eigenvalue weighted by Gasteiger charge is -2.29. The lowest BCUT2D eigenvalue weighted by atomic mass is 10.0. The minimum Gasteiger partial charge on any atom is -0.508 e. The Hall–Kier alpha value is -13.3. The van der Waals surface area contributed by atoms with Crippen molar-refractivity contribution in [3.05, 3.63) is 173 Å². The van der Waals surface area contributed by atoms with Crippen LogP contribution in [0.5, 0.6) is 5.75 Å². The van der Waals surface area contributed by atoms with Gasteiger partial charge in [-0.25, -0.2) is 4.79 Å². The van der Waals surface area contributed by atoms with Crippen LogP contribution in [-0.4, -0.2) is 230 Å². The molecular weight excluding hydrogens is 1650 g/mol. The Balaban J connectivity index is 1.36. The Kier molecular flexibility index (Phi) is 45.3. The fraction of sp³-hybridized carbons (Fsp3) is 0.466. The number of hydrogen-bond acceptors (Lipinski definition) is 22. The van der Waals surface area contributed by atoms with Crippen molar-refractivity contribution in [3.63, 3.8) is 0 Å². The van der Waals surface area contributed by atoms with Crippen LogP contribution in [0.1, 0.15) is 145 Å². The van der Waals surface area contributed by atoms with Gasteiger partial charge in [-0.15, -0.1) is 0 Å². The molecule has 690 valence electrons. The zero-order chi connectivity index (χ0) is 93.7. The maximum absolute atomic E-state index is 14.9. The summed E-state index contributed by atoms with van der Waals surface area (Å²) in [5.41, 5.74) is 25.9. The van der Waals surface area contributed by atoms with E-state index in [1.807, 2.05) is 0 Å². The standard InChI is InChI=1S/C88H121N17O22/c1-51(2)74(105-81(119)62(33-19-22-44-91)97-86(124)69(50-73(111)112)103-84(122)68(48-58-34-36-59(106)37-35-58)102-83(121)65(99-75(113)52(3)92)45-54-23-9-5-10-24-54)87(125)93-53(4)76(114)94-63(38-40-71(107)108)79(117)95-61(32-18-21-43-90)78(116)100-66(46-55-25-11-6-12-26-55)82(120)96-60(31-17-20-42-89)77(115)98-64(39-41-72(109)110)80(118)101-67(47-56-27-13-7-14-28-56)85(123)104-70(88(126)127)49-57-29-15-8-16-30-57/h5-16,23-30,34-37,51-53,60-70,74,106H,17-22,31-33,38-50,89-92H2,1-4H3,(H,93,125)(H,94,114)(H,95,117)(H,96,120)(H,97,124)(H,98,115)(H,99,113)(H,100,116)(H,101,118)(H,102,121)(H,103,122)(H,104,123)(H,105,119)(H,107,108)(H,109,110)(H,111,112)(H,126,127)/t52-,53-,60-,61-,62-,63-,64-,65-,66-,67-,68-,69-,70-,74-/m0/s1. The molecule has 13 amide bonds. The molecule has 0 unspecified atom stereocenters. The number of aliphatic carboxylic acids is 4. The van der Waals surface area contributed by atoms with Crippen LogP contribution in [0.25, 0.3) is 0 Å². The Morgan fingerprint density at radius 2 is 0.535 bits per heavy atom. The predicted octanol–water partition coefficient (Wildman–Crippen LogP) is -1.09. The van der Waals surface area contributed by atoms with E-state index in [1.54, 1.807) is 121 Å². The number of amides is 13. The van der Waals surface area contributed by atoms with Gasteiger partial charge in [0, 0.05) is 44.9 Å². The highest BCUT2D eigenvalue weighted by Gasteiger charge is 2.39. The molecule has 0 heterocycles. The Morgan fingerprint density at radius 1 is 0.276 bits per heavy atom. The highest BCUT2D eigenvalue weighted by Crippen LogP contribution is 2.18. The average Bonchev–Trinajstić information content (AvgIpc) is 0.850. The monoisotopic (exact) mass is 1770 g/mol. The summed E-state index contributed by atoms with van der Waals surface area (Å²) < 4.78 is 0. The number of phenolic OH excluding ortho intramolecular Hbond substituents is 1. The summed E-state index contributed by atoms with van der Waals surface area (Å²) in [6.45, 7) is 5.98. The normalized spacial score (nSPS) is 14.4. The molecule has 5 rings (SSSR count). The summed E-state index contributed by atoms with van der Waals surface area (Å²) in [5, 5.41) is 83.1. The summed E-state index contributed by atoms with van der Waals surface area (Å²) >= 11 is 0. The first-order chi connectivity index (χ1) is 60.5. The zero-order valence-electron chi connectivity index (χ0n) is 71.6. The molecule has 0 saturated heterocycles. The summed E-state index contributed by atoms with van der Waals surface area (Å²) in [5.74, 6) is -19.8. The number of aromatic hydroxyl groups is 1. The van der Waals surface area contributed by atoms with Crippen LogP contribution in [-0.2, 0) is 114 Å². The second kappa shape index (κ2) is 55.2. The van der Waals surface area contributed by atoms with Crippen LogP contribution >= 0.6 is 0 Å². The van der Waals surface area contributed by atoms with Crippen molar-refractivity contribution in [1.82, 2.24) is 69.1 Å². The summed E-state index contributed by atoms with van der Waals surface area (Å²) in [6.07, 6.45) is -3.74. The Morgan fingerprint density at radius 3 is 0.835 bits per heavy atom. The molecule has 0 saturated carbocycles. The van der Waals surface area contributed by atoms with Gasteiger partial charge in [-0.3, -0.25) is 76.7 Å². The number of rotatable bonds is 58.